The van der Waals surface area contributed by atoms with Crippen molar-refractivity contribution < 1.29 is 22.8 Å². The predicted octanol–water partition coefficient (Wildman–Crippen LogP) is 3.51. The highest BCUT2D eigenvalue weighted by Crippen LogP contribution is 2.20. The molecule has 1 amide bonds. The number of hydrogen-bond donors (Lipinski definition) is 0. The van der Waals surface area contributed by atoms with Gasteiger partial charge in [0.15, 0.2) is 18.2 Å². The first-order valence-corrected chi connectivity index (χ1v) is 7.69. The molecule has 134 valence electrons. The number of hydrogen-bond acceptors (Lipinski definition) is 5. The van der Waals surface area contributed by atoms with E-state index < -0.39 is 11.6 Å². The predicted molar refractivity (Wildman–Crippen MR) is 88.9 cm³/mol. The van der Waals surface area contributed by atoms with Crippen molar-refractivity contribution in [1.29, 1.82) is 0 Å². The molecule has 0 spiro atoms. The van der Waals surface area contributed by atoms with Crippen LogP contribution in [0.15, 0.2) is 47.0 Å². The normalized spacial score (nSPS) is 10.6. The van der Waals surface area contributed by atoms with Crippen molar-refractivity contribution >= 4 is 11.6 Å². The van der Waals surface area contributed by atoms with Crippen LogP contribution in [0, 0.1) is 18.6 Å². The molecular formula is C18H15F2N3O3. The number of aryl methyl sites for hydroxylation is 1. The second-order valence-corrected chi connectivity index (χ2v) is 5.51. The Kier molecular flexibility index (Phi) is 4.92. The van der Waals surface area contributed by atoms with E-state index in [1.165, 1.54) is 18.0 Å². The molecular weight excluding hydrogens is 344 g/mol. The van der Waals surface area contributed by atoms with Crippen LogP contribution in [-0.4, -0.2) is 23.1 Å². The lowest BCUT2D eigenvalue weighted by atomic mass is 10.2. The van der Waals surface area contributed by atoms with Crippen LogP contribution in [0.3, 0.4) is 0 Å². The third-order valence-corrected chi connectivity index (χ3v) is 3.63. The summed E-state index contributed by atoms with van der Waals surface area (Å²) in [5.74, 6) is -0.947. The van der Waals surface area contributed by atoms with E-state index in [9.17, 15) is 13.6 Å². The van der Waals surface area contributed by atoms with E-state index >= 15 is 0 Å². The molecule has 0 N–H and O–H groups in total. The number of amides is 1. The number of halogens is 2. The largest absolute Gasteiger partial charge is 0.485 e. The van der Waals surface area contributed by atoms with E-state index in [2.05, 4.69) is 10.1 Å². The van der Waals surface area contributed by atoms with Crippen molar-refractivity contribution in [2.45, 2.75) is 13.5 Å². The minimum atomic E-state index is -1.01. The Morgan fingerprint density at radius 3 is 2.50 bits per heavy atom. The van der Waals surface area contributed by atoms with Gasteiger partial charge < -0.3 is 14.2 Å². The fraction of sp³-hybridized carbons (Fsp3) is 0.167. The first-order valence-electron chi connectivity index (χ1n) is 7.69. The summed E-state index contributed by atoms with van der Waals surface area (Å²) < 4.78 is 36.7. The molecule has 0 bridgehead atoms. The molecule has 3 aromatic rings. The molecule has 6 nitrogen and oxygen atoms in total. The first kappa shape index (κ1) is 17.5. The van der Waals surface area contributed by atoms with Crippen molar-refractivity contribution in [3.8, 4) is 5.75 Å². The molecule has 26 heavy (non-hydrogen) atoms. The topological polar surface area (TPSA) is 68.5 Å². The number of anilines is 1. The fourth-order valence-electron chi connectivity index (χ4n) is 2.25. The van der Waals surface area contributed by atoms with E-state index in [0.29, 0.717) is 23.0 Å². The van der Waals surface area contributed by atoms with Gasteiger partial charge in [-0.1, -0.05) is 5.16 Å². The zero-order valence-electron chi connectivity index (χ0n) is 14.1. The maximum absolute atomic E-state index is 13.3. The molecule has 0 fully saturated rings. The van der Waals surface area contributed by atoms with Crippen molar-refractivity contribution in [2.24, 2.45) is 0 Å². The van der Waals surface area contributed by atoms with Crippen LogP contribution >= 0.6 is 0 Å². The zero-order valence-corrected chi connectivity index (χ0v) is 14.1. The van der Waals surface area contributed by atoms with Gasteiger partial charge in [0.1, 0.15) is 5.75 Å². The summed E-state index contributed by atoms with van der Waals surface area (Å²) >= 11 is 0. The highest BCUT2D eigenvalue weighted by Gasteiger charge is 2.15. The quantitative estimate of drug-likeness (QED) is 0.697. The average Bonchev–Trinajstić information content (AvgIpc) is 3.07. The molecule has 3 rings (SSSR count). The summed E-state index contributed by atoms with van der Waals surface area (Å²) in [6.07, 6.45) is 0. The number of rotatable bonds is 5. The molecule has 0 saturated carbocycles. The molecule has 1 aromatic heterocycles. The molecule has 0 saturated heterocycles. The molecule has 1 heterocycles. The smallest absolute Gasteiger partial charge is 0.258 e. The van der Waals surface area contributed by atoms with Crippen LogP contribution in [-0.2, 0) is 6.61 Å². The minimum absolute atomic E-state index is 0.138. The standard InChI is InChI=1S/C18H15F2N3O3/c1-11-21-17(22-26-11)10-25-14-6-3-12(4-7-14)18(24)23(2)13-5-8-15(19)16(20)9-13/h3-9H,10H2,1-2H3. The highest BCUT2D eigenvalue weighted by molar-refractivity contribution is 6.05. The van der Waals surface area contributed by atoms with Crippen molar-refractivity contribution in [2.75, 3.05) is 11.9 Å². The number of carbonyl (C=O) groups excluding carboxylic acids is 1. The number of nitrogens with zero attached hydrogens (tertiary/aromatic N) is 3. The van der Waals surface area contributed by atoms with Crippen LogP contribution in [0.1, 0.15) is 22.1 Å². The maximum Gasteiger partial charge on any atom is 0.258 e. The summed E-state index contributed by atoms with van der Waals surface area (Å²) in [6, 6.07) is 9.69. The van der Waals surface area contributed by atoms with Gasteiger partial charge in [0.25, 0.3) is 5.91 Å². The van der Waals surface area contributed by atoms with E-state index in [1.807, 2.05) is 0 Å². The Balaban J connectivity index is 1.66. The van der Waals surface area contributed by atoms with Gasteiger partial charge in [0.05, 0.1) is 0 Å². The van der Waals surface area contributed by atoms with Gasteiger partial charge in [-0.05, 0) is 36.4 Å². The van der Waals surface area contributed by atoms with E-state index in [4.69, 9.17) is 9.26 Å². The summed E-state index contributed by atoms with van der Waals surface area (Å²) in [7, 11) is 1.48. The van der Waals surface area contributed by atoms with Crippen LogP contribution in [0.4, 0.5) is 14.5 Å². The van der Waals surface area contributed by atoms with Gasteiger partial charge in [0, 0.05) is 31.3 Å². The lowest BCUT2D eigenvalue weighted by molar-refractivity contribution is 0.0993. The maximum atomic E-state index is 13.3. The van der Waals surface area contributed by atoms with Crippen LogP contribution in [0.5, 0.6) is 5.75 Å². The Hall–Kier alpha value is -3.29. The molecule has 2 aromatic carbocycles. The SMILES string of the molecule is Cc1nc(COc2ccc(C(=O)N(C)c3ccc(F)c(F)c3)cc2)no1. The molecule has 0 aliphatic carbocycles. The summed E-state index contributed by atoms with van der Waals surface area (Å²) in [6.45, 7) is 1.82. The van der Waals surface area contributed by atoms with Crippen molar-refractivity contribution in [3.63, 3.8) is 0 Å². The Bertz CT molecular complexity index is 926. The molecule has 0 atom stereocenters. The average molecular weight is 359 g/mol. The third-order valence-electron chi connectivity index (χ3n) is 3.63. The van der Waals surface area contributed by atoms with Gasteiger partial charge in [-0.3, -0.25) is 4.79 Å². The highest BCUT2D eigenvalue weighted by atomic mass is 19.2. The van der Waals surface area contributed by atoms with Crippen molar-refractivity contribution in [1.82, 2.24) is 10.1 Å². The zero-order chi connectivity index (χ0) is 18.7. The van der Waals surface area contributed by atoms with Crippen LogP contribution in [0.25, 0.3) is 0 Å². The second-order valence-electron chi connectivity index (χ2n) is 5.51. The fourth-order valence-corrected chi connectivity index (χ4v) is 2.25. The number of carbonyl (C=O) groups is 1. The molecule has 0 unspecified atom stereocenters. The molecule has 0 radical (unpaired) electrons. The van der Waals surface area contributed by atoms with Crippen LogP contribution < -0.4 is 9.64 Å². The van der Waals surface area contributed by atoms with Gasteiger partial charge >= 0.3 is 0 Å². The number of benzene rings is 2. The molecule has 8 heteroatoms. The van der Waals surface area contributed by atoms with Gasteiger partial charge in [0.2, 0.25) is 11.7 Å². The van der Waals surface area contributed by atoms with Crippen molar-refractivity contribution in [3.05, 3.63) is 71.4 Å². The Labute approximate surface area is 148 Å². The van der Waals surface area contributed by atoms with Gasteiger partial charge in [-0.2, -0.15) is 4.98 Å². The first-order chi connectivity index (χ1) is 12.4. The monoisotopic (exact) mass is 359 g/mol. The van der Waals surface area contributed by atoms with Gasteiger partial charge in [-0.15, -0.1) is 0 Å². The lowest BCUT2D eigenvalue weighted by Crippen LogP contribution is -2.26. The van der Waals surface area contributed by atoms with Gasteiger partial charge in [-0.25, -0.2) is 8.78 Å². The van der Waals surface area contributed by atoms with Crippen LogP contribution in [0.2, 0.25) is 0 Å². The van der Waals surface area contributed by atoms with E-state index in [1.54, 1.807) is 31.2 Å². The summed E-state index contributed by atoms with van der Waals surface area (Å²) in [5, 5.41) is 3.72. The lowest BCUT2D eigenvalue weighted by Gasteiger charge is -2.17. The Morgan fingerprint density at radius 2 is 1.88 bits per heavy atom. The Morgan fingerprint density at radius 1 is 1.15 bits per heavy atom. The number of ether oxygens (including phenoxy) is 1. The second kappa shape index (κ2) is 7.30. The summed E-state index contributed by atoms with van der Waals surface area (Å²) in [4.78, 5) is 17.7. The van der Waals surface area contributed by atoms with E-state index in [0.717, 1.165) is 12.1 Å². The third kappa shape index (κ3) is 3.85. The van der Waals surface area contributed by atoms with E-state index in [-0.39, 0.29) is 18.2 Å². The molecule has 0 aliphatic rings. The number of aromatic nitrogens is 2. The molecule has 0 aliphatic heterocycles. The minimum Gasteiger partial charge on any atom is -0.485 e. The summed E-state index contributed by atoms with van der Waals surface area (Å²) in [5.41, 5.74) is 0.627.